The zero-order chi connectivity index (χ0) is 15.2. The standard InChI is InChI=1S/C17H27FN2O/c1-4-9-19-13(2)16-12-14(18)5-6-17(16)20-10-7-15(21-3)8-11-20/h5-6,12-13,15,19H,4,7-11H2,1-3H3. The van der Waals surface area contributed by atoms with Gasteiger partial charge in [-0.25, -0.2) is 4.39 Å². The van der Waals surface area contributed by atoms with Gasteiger partial charge in [-0.2, -0.15) is 0 Å². The summed E-state index contributed by atoms with van der Waals surface area (Å²) in [5, 5.41) is 3.46. The van der Waals surface area contributed by atoms with Crippen molar-refractivity contribution in [2.24, 2.45) is 0 Å². The van der Waals surface area contributed by atoms with Crippen LogP contribution in [-0.4, -0.2) is 32.8 Å². The first kappa shape index (κ1) is 16.2. The Morgan fingerprint density at radius 3 is 2.71 bits per heavy atom. The van der Waals surface area contributed by atoms with Crippen molar-refractivity contribution in [3.63, 3.8) is 0 Å². The van der Waals surface area contributed by atoms with Crippen molar-refractivity contribution in [2.45, 2.75) is 45.3 Å². The molecule has 1 unspecified atom stereocenters. The van der Waals surface area contributed by atoms with Crippen LogP contribution in [0.25, 0.3) is 0 Å². The molecule has 1 aromatic carbocycles. The Balaban J connectivity index is 2.15. The maximum absolute atomic E-state index is 13.6. The molecule has 1 fully saturated rings. The number of anilines is 1. The number of hydrogen-bond acceptors (Lipinski definition) is 3. The predicted octanol–water partition coefficient (Wildman–Crippen LogP) is 3.50. The summed E-state index contributed by atoms with van der Waals surface area (Å²) >= 11 is 0. The number of nitrogens with zero attached hydrogens (tertiary/aromatic N) is 1. The van der Waals surface area contributed by atoms with E-state index in [9.17, 15) is 4.39 Å². The number of benzene rings is 1. The highest BCUT2D eigenvalue weighted by atomic mass is 19.1. The molecule has 1 atom stereocenters. The molecule has 1 heterocycles. The first-order valence-corrected chi connectivity index (χ1v) is 7.96. The van der Waals surface area contributed by atoms with Gasteiger partial charge in [-0.05, 0) is 56.5 Å². The molecule has 21 heavy (non-hydrogen) atoms. The number of piperidine rings is 1. The quantitative estimate of drug-likeness (QED) is 0.869. The molecule has 1 aliphatic heterocycles. The molecule has 0 bridgehead atoms. The number of nitrogens with one attached hydrogen (secondary N) is 1. The molecule has 0 aliphatic carbocycles. The molecule has 2 rings (SSSR count). The van der Waals surface area contributed by atoms with Gasteiger partial charge in [0.25, 0.3) is 0 Å². The van der Waals surface area contributed by atoms with E-state index in [0.29, 0.717) is 6.10 Å². The SMILES string of the molecule is CCCNC(C)c1cc(F)ccc1N1CCC(OC)CC1. The van der Waals surface area contributed by atoms with E-state index in [2.05, 4.69) is 24.1 Å². The lowest BCUT2D eigenvalue weighted by Crippen LogP contribution is -2.37. The van der Waals surface area contributed by atoms with Crippen LogP contribution in [0, 0.1) is 5.82 Å². The summed E-state index contributed by atoms with van der Waals surface area (Å²) in [6, 6.07) is 5.32. The zero-order valence-corrected chi connectivity index (χ0v) is 13.4. The molecule has 0 spiro atoms. The molecule has 1 aliphatic rings. The molecule has 1 saturated heterocycles. The van der Waals surface area contributed by atoms with Crippen LogP contribution in [0.3, 0.4) is 0 Å². The number of halogens is 1. The summed E-state index contributed by atoms with van der Waals surface area (Å²) in [7, 11) is 1.78. The Hall–Kier alpha value is -1.13. The second kappa shape index (κ2) is 7.76. The molecule has 3 nitrogen and oxygen atoms in total. The van der Waals surface area contributed by atoms with Gasteiger partial charge in [0.1, 0.15) is 5.82 Å². The van der Waals surface area contributed by atoms with Crippen LogP contribution >= 0.6 is 0 Å². The lowest BCUT2D eigenvalue weighted by Gasteiger charge is -2.35. The second-order valence-electron chi connectivity index (χ2n) is 5.80. The van der Waals surface area contributed by atoms with Gasteiger partial charge in [-0.15, -0.1) is 0 Å². The molecule has 0 radical (unpaired) electrons. The van der Waals surface area contributed by atoms with Crippen molar-refractivity contribution < 1.29 is 9.13 Å². The first-order chi connectivity index (χ1) is 10.2. The fraction of sp³-hybridized carbons (Fsp3) is 0.647. The monoisotopic (exact) mass is 294 g/mol. The molecule has 0 aromatic heterocycles. The number of methoxy groups -OCH3 is 1. The smallest absolute Gasteiger partial charge is 0.123 e. The minimum Gasteiger partial charge on any atom is -0.381 e. The summed E-state index contributed by atoms with van der Waals surface area (Å²) in [6.45, 7) is 7.13. The van der Waals surface area contributed by atoms with Crippen molar-refractivity contribution in [3.8, 4) is 0 Å². The maximum Gasteiger partial charge on any atom is 0.123 e. The Morgan fingerprint density at radius 2 is 2.10 bits per heavy atom. The zero-order valence-electron chi connectivity index (χ0n) is 13.4. The lowest BCUT2D eigenvalue weighted by molar-refractivity contribution is 0.0819. The van der Waals surface area contributed by atoms with Gasteiger partial charge in [-0.3, -0.25) is 0 Å². The van der Waals surface area contributed by atoms with Gasteiger partial charge < -0.3 is 15.0 Å². The van der Waals surface area contributed by atoms with Crippen LogP contribution in [-0.2, 0) is 4.74 Å². The van der Waals surface area contributed by atoms with E-state index in [4.69, 9.17) is 4.74 Å². The molecule has 118 valence electrons. The normalized spacial score (nSPS) is 18.0. The summed E-state index contributed by atoms with van der Waals surface area (Å²) in [4.78, 5) is 2.36. The van der Waals surface area contributed by atoms with Crippen LogP contribution in [0.1, 0.15) is 44.7 Å². The van der Waals surface area contributed by atoms with Crippen molar-refractivity contribution >= 4 is 5.69 Å². The van der Waals surface area contributed by atoms with Crippen LogP contribution in [0.5, 0.6) is 0 Å². The maximum atomic E-state index is 13.6. The number of ether oxygens (including phenoxy) is 1. The number of rotatable bonds is 6. The molecule has 0 amide bonds. The van der Waals surface area contributed by atoms with Gasteiger partial charge in [-0.1, -0.05) is 6.92 Å². The van der Waals surface area contributed by atoms with Crippen LogP contribution in [0.15, 0.2) is 18.2 Å². The highest BCUT2D eigenvalue weighted by molar-refractivity contribution is 5.55. The molecule has 4 heteroatoms. The summed E-state index contributed by atoms with van der Waals surface area (Å²) in [6.07, 6.45) is 3.50. The van der Waals surface area contributed by atoms with Crippen molar-refractivity contribution in [1.29, 1.82) is 0 Å². The fourth-order valence-corrected chi connectivity index (χ4v) is 2.96. The third kappa shape index (κ3) is 4.17. The summed E-state index contributed by atoms with van der Waals surface area (Å²) < 4.78 is 19.1. The highest BCUT2D eigenvalue weighted by Gasteiger charge is 2.22. The van der Waals surface area contributed by atoms with Gasteiger partial charge >= 0.3 is 0 Å². The van der Waals surface area contributed by atoms with E-state index in [0.717, 1.165) is 50.1 Å². The molecule has 1 aromatic rings. The lowest BCUT2D eigenvalue weighted by atomic mass is 10.0. The number of hydrogen-bond donors (Lipinski definition) is 1. The van der Waals surface area contributed by atoms with Crippen LogP contribution in [0.4, 0.5) is 10.1 Å². The third-order valence-electron chi connectivity index (χ3n) is 4.27. The van der Waals surface area contributed by atoms with Gasteiger partial charge in [0.05, 0.1) is 6.10 Å². The summed E-state index contributed by atoms with van der Waals surface area (Å²) in [5.41, 5.74) is 2.21. The van der Waals surface area contributed by atoms with E-state index in [1.54, 1.807) is 19.2 Å². The first-order valence-electron chi connectivity index (χ1n) is 7.96. The van der Waals surface area contributed by atoms with Crippen molar-refractivity contribution in [3.05, 3.63) is 29.6 Å². The van der Waals surface area contributed by atoms with E-state index < -0.39 is 0 Å². The van der Waals surface area contributed by atoms with E-state index in [-0.39, 0.29) is 11.9 Å². The molecular formula is C17H27FN2O. The van der Waals surface area contributed by atoms with E-state index in [1.165, 1.54) is 0 Å². The van der Waals surface area contributed by atoms with Gasteiger partial charge in [0.15, 0.2) is 0 Å². The molecular weight excluding hydrogens is 267 g/mol. The second-order valence-corrected chi connectivity index (χ2v) is 5.80. The average molecular weight is 294 g/mol. The predicted molar refractivity (Wildman–Crippen MR) is 85.4 cm³/mol. The fourth-order valence-electron chi connectivity index (χ4n) is 2.96. The topological polar surface area (TPSA) is 24.5 Å². The van der Waals surface area contributed by atoms with Gasteiger partial charge in [0, 0.05) is 31.9 Å². The Kier molecular flexibility index (Phi) is 6.00. The average Bonchev–Trinajstić information content (AvgIpc) is 2.52. The van der Waals surface area contributed by atoms with Crippen LogP contribution in [0.2, 0.25) is 0 Å². The van der Waals surface area contributed by atoms with Gasteiger partial charge in [0.2, 0.25) is 0 Å². The Bertz CT molecular complexity index is 444. The van der Waals surface area contributed by atoms with E-state index >= 15 is 0 Å². The van der Waals surface area contributed by atoms with Crippen molar-refractivity contribution in [2.75, 3.05) is 31.6 Å². The third-order valence-corrected chi connectivity index (χ3v) is 4.27. The minimum absolute atomic E-state index is 0.161. The van der Waals surface area contributed by atoms with E-state index in [1.807, 2.05) is 6.07 Å². The summed E-state index contributed by atoms with van der Waals surface area (Å²) in [5.74, 6) is -0.161. The molecule has 0 saturated carbocycles. The Morgan fingerprint density at radius 1 is 1.38 bits per heavy atom. The molecule has 1 N–H and O–H groups in total. The minimum atomic E-state index is -0.161. The van der Waals surface area contributed by atoms with Crippen molar-refractivity contribution in [1.82, 2.24) is 5.32 Å². The Labute approximate surface area is 127 Å². The largest absolute Gasteiger partial charge is 0.381 e. The highest BCUT2D eigenvalue weighted by Crippen LogP contribution is 2.30. The van der Waals surface area contributed by atoms with Crippen LogP contribution < -0.4 is 10.2 Å².